The van der Waals surface area contributed by atoms with Crippen LogP contribution in [0.4, 0.5) is 4.79 Å². The van der Waals surface area contributed by atoms with Crippen LogP contribution >= 0.6 is 0 Å². The van der Waals surface area contributed by atoms with E-state index in [1.54, 1.807) is 17.0 Å². The Morgan fingerprint density at radius 3 is 2.00 bits per heavy atom. The predicted octanol–water partition coefficient (Wildman–Crippen LogP) is 4.19. The van der Waals surface area contributed by atoms with Crippen LogP contribution in [-0.4, -0.2) is 40.8 Å². The van der Waals surface area contributed by atoms with E-state index in [4.69, 9.17) is 9.84 Å². The predicted molar refractivity (Wildman–Crippen MR) is 93.0 cm³/mol. The second kappa shape index (κ2) is 7.07. The number of rotatable bonds is 2. The number of carboxylic acids is 1. The van der Waals surface area contributed by atoms with Gasteiger partial charge in [0.05, 0.1) is 5.56 Å². The first kappa shape index (κ1) is 18.0. The summed E-state index contributed by atoms with van der Waals surface area (Å²) in [7, 11) is 0. The Bertz CT molecular complexity index is 643. The van der Waals surface area contributed by atoms with Crippen molar-refractivity contribution in [3.8, 4) is 0 Å². The topological polar surface area (TPSA) is 66.8 Å². The van der Waals surface area contributed by atoms with E-state index in [-0.39, 0.29) is 11.7 Å². The summed E-state index contributed by atoms with van der Waals surface area (Å²) >= 11 is 0. The van der Waals surface area contributed by atoms with Crippen LogP contribution < -0.4 is 0 Å². The summed E-state index contributed by atoms with van der Waals surface area (Å²) in [6, 6.07) is 6.92. The maximum Gasteiger partial charge on any atom is 0.410 e. The van der Waals surface area contributed by atoms with Crippen LogP contribution in [-0.2, 0) is 4.74 Å². The van der Waals surface area contributed by atoms with E-state index in [0.717, 1.165) is 24.0 Å². The summed E-state index contributed by atoms with van der Waals surface area (Å²) in [6.07, 6.45) is 1.36. The second-order valence-electron chi connectivity index (χ2n) is 7.08. The molecular formula is C19H25NO4. The number of hydrogen-bond donors (Lipinski definition) is 1. The Labute approximate surface area is 142 Å². The molecule has 0 saturated carbocycles. The fourth-order valence-corrected chi connectivity index (χ4v) is 2.73. The number of aromatic carboxylic acids is 1. The summed E-state index contributed by atoms with van der Waals surface area (Å²) in [5.74, 6) is -0.919. The second-order valence-corrected chi connectivity index (χ2v) is 7.08. The van der Waals surface area contributed by atoms with Gasteiger partial charge in [0.2, 0.25) is 0 Å². The number of allylic oxidation sites excluding steroid dienone is 1. The van der Waals surface area contributed by atoms with E-state index < -0.39 is 11.6 Å². The maximum absolute atomic E-state index is 12.1. The first-order valence-electron chi connectivity index (χ1n) is 8.17. The maximum atomic E-state index is 12.1. The SMILES string of the molecule is CC(=C1CCN(C(=O)OC(C)(C)C)CC1)c1ccc(C(=O)O)cc1. The molecule has 0 spiro atoms. The molecule has 2 rings (SSSR count). The molecule has 1 aromatic carbocycles. The number of nitrogens with zero attached hydrogens (tertiary/aromatic N) is 1. The molecule has 0 atom stereocenters. The van der Waals surface area contributed by atoms with Gasteiger partial charge in [0.25, 0.3) is 0 Å². The molecule has 130 valence electrons. The highest BCUT2D eigenvalue weighted by Crippen LogP contribution is 2.27. The minimum Gasteiger partial charge on any atom is -0.478 e. The third-order valence-corrected chi connectivity index (χ3v) is 4.11. The minimum absolute atomic E-state index is 0.259. The molecule has 5 heteroatoms. The van der Waals surface area contributed by atoms with E-state index in [1.807, 2.05) is 39.8 Å². The number of hydrogen-bond acceptors (Lipinski definition) is 3. The van der Waals surface area contributed by atoms with Gasteiger partial charge in [-0.1, -0.05) is 17.7 Å². The number of carboxylic acid groups (broad SMARTS) is 1. The van der Waals surface area contributed by atoms with Crippen LogP contribution in [0.15, 0.2) is 29.8 Å². The molecule has 24 heavy (non-hydrogen) atoms. The standard InChI is InChI=1S/C19H25NO4/c1-13(14-5-7-16(8-6-14)17(21)22)15-9-11-20(12-10-15)18(23)24-19(2,3)4/h5-8H,9-12H2,1-4H3,(H,21,22). The van der Waals surface area contributed by atoms with E-state index in [1.165, 1.54) is 5.57 Å². The molecule has 5 nitrogen and oxygen atoms in total. The van der Waals surface area contributed by atoms with Crippen LogP contribution in [0.1, 0.15) is 56.5 Å². The Hall–Kier alpha value is -2.30. The fourth-order valence-electron chi connectivity index (χ4n) is 2.73. The summed E-state index contributed by atoms with van der Waals surface area (Å²) < 4.78 is 5.41. The number of carbonyl (C=O) groups is 2. The molecule has 0 unspecified atom stereocenters. The lowest BCUT2D eigenvalue weighted by atomic mass is 9.94. The van der Waals surface area contributed by atoms with Gasteiger partial charge in [-0.15, -0.1) is 0 Å². The fraction of sp³-hybridized carbons (Fsp3) is 0.474. The molecule has 1 saturated heterocycles. The molecule has 1 N–H and O–H groups in total. The molecule has 0 aromatic heterocycles. The van der Waals surface area contributed by atoms with Gasteiger partial charge in [0.15, 0.2) is 0 Å². The van der Waals surface area contributed by atoms with Gasteiger partial charge in [-0.2, -0.15) is 0 Å². The highest BCUT2D eigenvalue weighted by atomic mass is 16.6. The first-order chi connectivity index (χ1) is 11.2. The molecule has 0 bridgehead atoms. The van der Waals surface area contributed by atoms with Crippen molar-refractivity contribution in [3.05, 3.63) is 41.0 Å². The third kappa shape index (κ3) is 4.60. The number of carbonyl (C=O) groups excluding carboxylic acids is 1. The smallest absolute Gasteiger partial charge is 0.410 e. The van der Waals surface area contributed by atoms with Crippen molar-refractivity contribution in [1.29, 1.82) is 0 Å². The van der Waals surface area contributed by atoms with Gasteiger partial charge in [-0.25, -0.2) is 9.59 Å². The molecule has 1 amide bonds. The number of amides is 1. The van der Waals surface area contributed by atoms with Crippen LogP contribution in [0, 0.1) is 0 Å². The van der Waals surface area contributed by atoms with Crippen molar-refractivity contribution >= 4 is 17.6 Å². The zero-order valence-electron chi connectivity index (χ0n) is 14.8. The Morgan fingerprint density at radius 2 is 1.54 bits per heavy atom. The number of likely N-dealkylation sites (tertiary alicyclic amines) is 1. The Morgan fingerprint density at radius 1 is 1.04 bits per heavy atom. The first-order valence-corrected chi connectivity index (χ1v) is 8.17. The van der Waals surface area contributed by atoms with Gasteiger partial charge in [0, 0.05) is 13.1 Å². The van der Waals surface area contributed by atoms with E-state index in [9.17, 15) is 9.59 Å². The summed E-state index contributed by atoms with van der Waals surface area (Å²) in [6.45, 7) is 8.94. The number of ether oxygens (including phenoxy) is 1. The van der Waals surface area contributed by atoms with Crippen molar-refractivity contribution in [2.24, 2.45) is 0 Å². The van der Waals surface area contributed by atoms with Crippen molar-refractivity contribution in [2.45, 2.75) is 46.1 Å². The lowest BCUT2D eigenvalue weighted by molar-refractivity contribution is 0.0236. The highest BCUT2D eigenvalue weighted by Gasteiger charge is 2.25. The Kier molecular flexibility index (Phi) is 5.32. The summed E-state index contributed by atoms with van der Waals surface area (Å²) in [5, 5.41) is 8.96. The van der Waals surface area contributed by atoms with Gasteiger partial charge >= 0.3 is 12.1 Å². The summed E-state index contributed by atoms with van der Waals surface area (Å²) in [4.78, 5) is 24.8. The van der Waals surface area contributed by atoms with Crippen LogP contribution in [0.2, 0.25) is 0 Å². The molecule has 1 fully saturated rings. The molecule has 1 aliphatic heterocycles. The molecule has 0 aliphatic carbocycles. The van der Waals surface area contributed by atoms with E-state index in [2.05, 4.69) is 0 Å². The van der Waals surface area contributed by atoms with Gasteiger partial charge in [-0.05, 0) is 63.8 Å². The van der Waals surface area contributed by atoms with Gasteiger partial charge in [0.1, 0.15) is 5.60 Å². The van der Waals surface area contributed by atoms with Gasteiger partial charge < -0.3 is 14.7 Å². The van der Waals surface area contributed by atoms with Crippen molar-refractivity contribution in [3.63, 3.8) is 0 Å². The van der Waals surface area contributed by atoms with Crippen LogP contribution in [0.5, 0.6) is 0 Å². The lowest BCUT2D eigenvalue weighted by Crippen LogP contribution is -2.40. The quantitative estimate of drug-likeness (QED) is 0.882. The lowest BCUT2D eigenvalue weighted by Gasteiger charge is -2.31. The Balaban J connectivity index is 2.03. The number of piperidine rings is 1. The molecular weight excluding hydrogens is 306 g/mol. The zero-order chi connectivity index (χ0) is 17.9. The number of benzene rings is 1. The van der Waals surface area contributed by atoms with Gasteiger partial charge in [-0.3, -0.25) is 0 Å². The van der Waals surface area contributed by atoms with Crippen molar-refractivity contribution in [2.75, 3.05) is 13.1 Å². The zero-order valence-corrected chi connectivity index (χ0v) is 14.8. The average molecular weight is 331 g/mol. The third-order valence-electron chi connectivity index (χ3n) is 4.11. The summed E-state index contributed by atoms with van der Waals surface area (Å²) in [5.41, 5.74) is 3.31. The minimum atomic E-state index is -0.919. The molecule has 1 aromatic rings. The average Bonchev–Trinajstić information content (AvgIpc) is 2.53. The van der Waals surface area contributed by atoms with Crippen molar-refractivity contribution in [1.82, 2.24) is 4.90 Å². The van der Waals surface area contributed by atoms with E-state index in [0.29, 0.717) is 13.1 Å². The largest absolute Gasteiger partial charge is 0.478 e. The van der Waals surface area contributed by atoms with Crippen LogP contribution in [0.3, 0.4) is 0 Å². The van der Waals surface area contributed by atoms with Crippen molar-refractivity contribution < 1.29 is 19.4 Å². The monoisotopic (exact) mass is 331 g/mol. The van der Waals surface area contributed by atoms with Crippen LogP contribution in [0.25, 0.3) is 5.57 Å². The normalized spacial score (nSPS) is 15.2. The highest BCUT2D eigenvalue weighted by molar-refractivity contribution is 5.88. The molecule has 1 aliphatic rings. The van der Waals surface area contributed by atoms with E-state index >= 15 is 0 Å². The molecule has 1 heterocycles. The molecule has 0 radical (unpaired) electrons.